The van der Waals surface area contributed by atoms with Crippen LogP contribution in [0.5, 0.6) is 0 Å². The average molecular weight is 270 g/mol. The third-order valence-corrected chi connectivity index (χ3v) is 5.29. The number of carbonyl (C=O) groups excluding carboxylic acids is 1. The summed E-state index contributed by atoms with van der Waals surface area (Å²) in [6, 6.07) is 8.68. The Morgan fingerprint density at radius 2 is 1.75 bits per heavy atom. The Bertz CT molecular complexity index is 510. The first-order chi connectivity index (χ1) is 9.79. The zero-order valence-corrected chi connectivity index (χ0v) is 11.8. The minimum atomic E-state index is 0.332. The summed E-state index contributed by atoms with van der Waals surface area (Å²) in [5.74, 6) is 2.13. The van der Waals surface area contributed by atoms with Gasteiger partial charge in [0.15, 0.2) is 0 Å². The van der Waals surface area contributed by atoms with Gasteiger partial charge in [0.25, 0.3) is 0 Å². The van der Waals surface area contributed by atoms with E-state index >= 15 is 0 Å². The van der Waals surface area contributed by atoms with Crippen LogP contribution in [-0.2, 0) is 11.3 Å². The van der Waals surface area contributed by atoms with E-state index in [-0.39, 0.29) is 0 Å². The molecule has 0 aromatic heterocycles. The Morgan fingerprint density at radius 3 is 2.30 bits per heavy atom. The second kappa shape index (κ2) is 4.59. The van der Waals surface area contributed by atoms with Gasteiger partial charge in [-0.2, -0.15) is 0 Å². The van der Waals surface area contributed by atoms with Gasteiger partial charge in [-0.25, -0.2) is 0 Å². The number of rotatable bonds is 4. The van der Waals surface area contributed by atoms with Crippen molar-refractivity contribution in [1.82, 2.24) is 0 Å². The molecule has 1 aromatic carbocycles. The van der Waals surface area contributed by atoms with Crippen molar-refractivity contribution in [3.8, 4) is 0 Å². The lowest BCUT2D eigenvalue weighted by Crippen LogP contribution is -2.35. The lowest BCUT2D eigenvalue weighted by Gasteiger charge is -2.24. The molecule has 20 heavy (non-hydrogen) atoms. The maximum atomic E-state index is 12.9. The van der Waals surface area contributed by atoms with Crippen LogP contribution in [0.25, 0.3) is 0 Å². The lowest BCUT2D eigenvalue weighted by molar-refractivity contribution is -0.120. The molecule has 2 N–H and O–H groups in total. The number of nitrogens with two attached hydrogens (primary N) is 1. The Balaban J connectivity index is 1.56. The molecule has 1 aromatic rings. The molecule has 3 heteroatoms. The predicted octanol–water partition coefficient (Wildman–Crippen LogP) is 2.69. The molecule has 3 saturated carbocycles. The zero-order valence-electron chi connectivity index (χ0n) is 11.8. The lowest BCUT2D eigenvalue weighted by atomic mass is 10.1. The van der Waals surface area contributed by atoms with Gasteiger partial charge in [-0.15, -0.1) is 0 Å². The third-order valence-electron chi connectivity index (χ3n) is 5.29. The Morgan fingerprint density at radius 1 is 1.10 bits per heavy atom. The number of amides is 1. The highest BCUT2D eigenvalue weighted by Crippen LogP contribution is 2.58. The maximum absolute atomic E-state index is 12.9. The summed E-state index contributed by atoms with van der Waals surface area (Å²) >= 11 is 0. The summed E-state index contributed by atoms with van der Waals surface area (Å²) in [5.41, 5.74) is 7.84. The van der Waals surface area contributed by atoms with Gasteiger partial charge in [0.05, 0.1) is 0 Å². The maximum Gasteiger partial charge on any atom is 0.230 e. The molecule has 3 aliphatic rings. The topological polar surface area (TPSA) is 46.3 Å². The smallest absolute Gasteiger partial charge is 0.230 e. The van der Waals surface area contributed by atoms with Gasteiger partial charge in [0.2, 0.25) is 5.91 Å². The predicted molar refractivity (Wildman–Crippen MR) is 79.2 cm³/mol. The summed E-state index contributed by atoms with van der Waals surface area (Å²) in [6.07, 6.45) is 6.18. The number of hydrogen-bond acceptors (Lipinski definition) is 2. The molecule has 0 spiro atoms. The van der Waals surface area contributed by atoms with Crippen molar-refractivity contribution in [2.75, 3.05) is 4.90 Å². The Labute approximate surface area is 120 Å². The van der Waals surface area contributed by atoms with E-state index in [2.05, 4.69) is 17.0 Å². The number of carbonyl (C=O) groups is 1. The van der Waals surface area contributed by atoms with Crippen molar-refractivity contribution >= 4 is 11.6 Å². The molecule has 0 aliphatic heterocycles. The van der Waals surface area contributed by atoms with Crippen LogP contribution in [-0.4, -0.2) is 11.9 Å². The number of nitrogens with zero attached hydrogens (tertiary/aromatic N) is 1. The second-order valence-corrected chi connectivity index (χ2v) is 6.59. The van der Waals surface area contributed by atoms with Crippen molar-refractivity contribution in [3.05, 3.63) is 29.8 Å². The van der Waals surface area contributed by atoms with Gasteiger partial charge in [0.1, 0.15) is 0 Å². The fourth-order valence-corrected chi connectivity index (χ4v) is 3.99. The second-order valence-electron chi connectivity index (χ2n) is 6.59. The molecule has 2 atom stereocenters. The molecule has 1 amide bonds. The van der Waals surface area contributed by atoms with Gasteiger partial charge < -0.3 is 10.6 Å². The van der Waals surface area contributed by atoms with Crippen LogP contribution in [0, 0.1) is 17.8 Å². The fraction of sp³-hybridized carbons (Fsp3) is 0.588. The first kappa shape index (κ1) is 12.4. The van der Waals surface area contributed by atoms with Crippen molar-refractivity contribution in [1.29, 1.82) is 0 Å². The third kappa shape index (κ3) is 1.96. The molecule has 0 saturated heterocycles. The minimum Gasteiger partial charge on any atom is -0.326 e. The van der Waals surface area contributed by atoms with Gasteiger partial charge in [-0.05, 0) is 55.2 Å². The SMILES string of the molecule is NCc1ccc(N(C(=O)C2C3CCCC32)C2CC2)cc1. The fourth-order valence-electron chi connectivity index (χ4n) is 3.99. The average Bonchev–Trinajstić information content (AvgIpc) is 3.39. The van der Waals surface area contributed by atoms with E-state index in [1.165, 1.54) is 19.3 Å². The van der Waals surface area contributed by atoms with Crippen LogP contribution in [0.3, 0.4) is 0 Å². The van der Waals surface area contributed by atoms with E-state index in [0.717, 1.165) is 24.1 Å². The van der Waals surface area contributed by atoms with E-state index < -0.39 is 0 Å². The molecule has 4 rings (SSSR count). The number of fused-ring (bicyclic) bond motifs is 1. The highest BCUT2D eigenvalue weighted by molar-refractivity contribution is 5.98. The van der Waals surface area contributed by atoms with E-state index in [9.17, 15) is 4.79 Å². The molecule has 0 heterocycles. The highest BCUT2D eigenvalue weighted by Gasteiger charge is 2.58. The molecule has 0 radical (unpaired) electrons. The number of benzene rings is 1. The number of hydrogen-bond donors (Lipinski definition) is 1. The minimum absolute atomic E-state index is 0.332. The Kier molecular flexibility index (Phi) is 2.84. The monoisotopic (exact) mass is 270 g/mol. The van der Waals surface area contributed by atoms with E-state index in [4.69, 9.17) is 5.73 Å². The molecule has 3 fully saturated rings. The van der Waals surface area contributed by atoms with Crippen LogP contribution in [0.4, 0.5) is 5.69 Å². The van der Waals surface area contributed by atoms with Crippen LogP contribution in [0.2, 0.25) is 0 Å². The van der Waals surface area contributed by atoms with Crippen LogP contribution < -0.4 is 10.6 Å². The summed E-state index contributed by atoms with van der Waals surface area (Å²) in [7, 11) is 0. The van der Waals surface area contributed by atoms with E-state index in [0.29, 0.717) is 36.2 Å². The largest absolute Gasteiger partial charge is 0.326 e. The van der Waals surface area contributed by atoms with Gasteiger partial charge in [-0.1, -0.05) is 18.6 Å². The molecular weight excluding hydrogens is 248 g/mol. The zero-order chi connectivity index (χ0) is 13.7. The van der Waals surface area contributed by atoms with Crippen molar-refractivity contribution < 1.29 is 4.79 Å². The van der Waals surface area contributed by atoms with E-state index in [1.807, 2.05) is 12.1 Å². The normalized spacial score (nSPS) is 30.9. The molecule has 3 aliphatic carbocycles. The summed E-state index contributed by atoms with van der Waals surface area (Å²) in [4.78, 5) is 14.9. The van der Waals surface area contributed by atoms with Gasteiger partial charge in [-0.3, -0.25) is 4.79 Å². The van der Waals surface area contributed by atoms with Crippen molar-refractivity contribution in [2.45, 2.75) is 44.7 Å². The standard InChI is InChI=1S/C17H22N2O/c18-10-11-4-6-12(7-5-11)19(13-8-9-13)17(20)16-14-2-1-3-15(14)16/h4-7,13-16H,1-3,8-10,18H2. The van der Waals surface area contributed by atoms with Crippen molar-refractivity contribution in [3.63, 3.8) is 0 Å². The summed E-state index contributed by atoms with van der Waals surface area (Å²) in [6.45, 7) is 0.560. The Hall–Kier alpha value is -1.35. The first-order valence-corrected chi connectivity index (χ1v) is 7.91. The molecule has 2 unspecified atom stereocenters. The molecule has 0 bridgehead atoms. The summed E-state index contributed by atoms with van der Waals surface area (Å²) < 4.78 is 0. The van der Waals surface area contributed by atoms with Gasteiger partial charge >= 0.3 is 0 Å². The number of anilines is 1. The molecule has 106 valence electrons. The van der Waals surface area contributed by atoms with Crippen LogP contribution in [0.1, 0.15) is 37.7 Å². The molecule has 3 nitrogen and oxygen atoms in total. The van der Waals surface area contributed by atoms with Gasteiger partial charge in [0, 0.05) is 24.2 Å². The highest BCUT2D eigenvalue weighted by atomic mass is 16.2. The summed E-state index contributed by atoms with van der Waals surface area (Å²) in [5, 5.41) is 0. The first-order valence-electron chi connectivity index (χ1n) is 7.91. The van der Waals surface area contributed by atoms with Crippen LogP contribution >= 0.6 is 0 Å². The van der Waals surface area contributed by atoms with Crippen molar-refractivity contribution in [2.24, 2.45) is 23.5 Å². The van der Waals surface area contributed by atoms with E-state index in [1.54, 1.807) is 0 Å². The molecular formula is C17H22N2O. The van der Waals surface area contributed by atoms with Crippen LogP contribution in [0.15, 0.2) is 24.3 Å². The quantitative estimate of drug-likeness (QED) is 0.914.